The van der Waals surface area contributed by atoms with Gasteiger partial charge in [0.05, 0.1) is 18.1 Å². The molecular weight excluding hydrogens is 328 g/mol. The van der Waals surface area contributed by atoms with Crippen molar-refractivity contribution in [2.45, 2.75) is 0 Å². The number of hydrogen-bond acceptors (Lipinski definition) is 5. The lowest BCUT2D eigenvalue weighted by Gasteiger charge is -2.16. The van der Waals surface area contributed by atoms with Crippen molar-refractivity contribution in [2.75, 3.05) is 11.9 Å². The molecule has 3 rings (SSSR count). The molecule has 2 heterocycles. The first-order chi connectivity index (χ1) is 11.6. The first kappa shape index (κ1) is 15.8. The summed E-state index contributed by atoms with van der Waals surface area (Å²) in [5.41, 5.74) is 1.26. The number of anilines is 1. The van der Waals surface area contributed by atoms with Gasteiger partial charge in [0.25, 0.3) is 0 Å². The number of aromatic nitrogens is 3. The summed E-state index contributed by atoms with van der Waals surface area (Å²) in [5.74, 6) is 0.114. The minimum Gasteiger partial charge on any atom is -0.493 e. The first-order valence-electron chi connectivity index (χ1n) is 7.02. The average molecular weight is 342 g/mol. The number of rotatable bonds is 3. The Morgan fingerprint density at radius 1 is 1.29 bits per heavy atom. The molecule has 1 amide bonds. The van der Waals surface area contributed by atoms with Crippen LogP contribution < -0.4 is 9.64 Å². The third-order valence-corrected chi connectivity index (χ3v) is 3.65. The molecule has 0 atom stereocenters. The number of ether oxygens (including phenoxy) is 1. The Hall–Kier alpha value is -3.13. The molecular formula is C16H14N4O3S. The first-order valence-corrected chi connectivity index (χ1v) is 7.43. The van der Waals surface area contributed by atoms with Gasteiger partial charge in [-0.15, -0.1) is 0 Å². The monoisotopic (exact) mass is 342 g/mol. The van der Waals surface area contributed by atoms with E-state index in [9.17, 15) is 9.90 Å². The second kappa shape index (κ2) is 6.55. The zero-order chi connectivity index (χ0) is 17.1. The molecule has 0 aliphatic carbocycles. The molecule has 8 heteroatoms. The molecule has 0 saturated carbocycles. The number of carbonyl (C=O) groups is 1. The molecule has 7 nitrogen and oxygen atoms in total. The number of hydrogen-bond donors (Lipinski definition) is 2. The Balaban J connectivity index is 1.75. The number of para-hydroxylation sites is 1. The second-order valence-corrected chi connectivity index (χ2v) is 5.29. The summed E-state index contributed by atoms with van der Waals surface area (Å²) in [6, 6.07) is 12.3. The number of nitrogens with zero attached hydrogens (tertiary/aromatic N) is 3. The number of H-pyrrole nitrogens is 1. The fourth-order valence-corrected chi connectivity index (χ4v) is 2.35. The predicted molar refractivity (Wildman–Crippen MR) is 91.3 cm³/mol. The largest absolute Gasteiger partial charge is 0.493 e. The lowest BCUT2D eigenvalue weighted by atomic mass is 10.3. The van der Waals surface area contributed by atoms with Crippen LogP contribution in [0.4, 0.5) is 10.5 Å². The van der Waals surface area contributed by atoms with Crippen LogP contribution in [-0.4, -0.2) is 32.8 Å². The predicted octanol–water partition coefficient (Wildman–Crippen LogP) is 3.27. The number of nitrogens with one attached hydrogen (secondary N) is 1. The van der Waals surface area contributed by atoms with Gasteiger partial charge in [-0.2, -0.15) is 0 Å². The molecule has 24 heavy (non-hydrogen) atoms. The third-order valence-electron chi connectivity index (χ3n) is 3.35. The summed E-state index contributed by atoms with van der Waals surface area (Å²) in [7, 11) is 1.61. The van der Waals surface area contributed by atoms with E-state index in [4.69, 9.17) is 17.0 Å². The van der Waals surface area contributed by atoms with Crippen molar-refractivity contribution in [1.29, 1.82) is 0 Å². The highest BCUT2D eigenvalue weighted by Crippen LogP contribution is 2.19. The standard InChI is InChI=1S/C16H14N4O3S/c1-19(11-5-3-2-4-6-11)16(22)23-13-8-7-12(9-17-13)20-14(21)10-18-15(20)24/h2-10,21H,1H3,(H,18,24). The van der Waals surface area contributed by atoms with Crippen LogP contribution in [0.15, 0.2) is 54.9 Å². The summed E-state index contributed by atoms with van der Waals surface area (Å²) in [6.45, 7) is 0. The van der Waals surface area contributed by atoms with E-state index in [0.29, 0.717) is 16.1 Å². The van der Waals surface area contributed by atoms with E-state index >= 15 is 0 Å². The molecule has 0 radical (unpaired) electrons. The van der Waals surface area contributed by atoms with Crippen LogP contribution in [0.25, 0.3) is 5.69 Å². The van der Waals surface area contributed by atoms with E-state index in [1.807, 2.05) is 18.2 Å². The lowest BCUT2D eigenvalue weighted by molar-refractivity contribution is 0.207. The van der Waals surface area contributed by atoms with E-state index in [-0.39, 0.29) is 11.8 Å². The lowest BCUT2D eigenvalue weighted by Crippen LogP contribution is -2.29. The van der Waals surface area contributed by atoms with Crippen molar-refractivity contribution in [3.63, 3.8) is 0 Å². The SMILES string of the molecule is CN(C(=O)Oc1ccc(-n2c(O)c[nH]c2=S)cn1)c1ccccc1. The minimum absolute atomic E-state index is 0.0321. The summed E-state index contributed by atoms with van der Waals surface area (Å²) in [6.07, 6.45) is 2.28. The summed E-state index contributed by atoms with van der Waals surface area (Å²) in [4.78, 5) is 20.3. The van der Waals surface area contributed by atoms with Crippen LogP contribution in [-0.2, 0) is 0 Å². The van der Waals surface area contributed by atoms with Crippen molar-refractivity contribution in [2.24, 2.45) is 0 Å². The van der Waals surface area contributed by atoms with Crippen molar-refractivity contribution in [1.82, 2.24) is 14.5 Å². The van der Waals surface area contributed by atoms with Gasteiger partial charge in [0.1, 0.15) is 0 Å². The van der Waals surface area contributed by atoms with Crippen LogP contribution in [0.3, 0.4) is 0 Å². The molecule has 122 valence electrons. The van der Waals surface area contributed by atoms with Crippen molar-refractivity contribution < 1.29 is 14.6 Å². The number of carbonyl (C=O) groups excluding carboxylic acids is 1. The van der Waals surface area contributed by atoms with Gasteiger partial charge in [-0.25, -0.2) is 9.78 Å². The Morgan fingerprint density at radius 3 is 2.62 bits per heavy atom. The maximum absolute atomic E-state index is 12.1. The summed E-state index contributed by atoms with van der Waals surface area (Å²) in [5, 5.41) is 9.74. The highest BCUT2D eigenvalue weighted by molar-refractivity contribution is 7.71. The average Bonchev–Trinajstić information content (AvgIpc) is 2.94. The summed E-state index contributed by atoms with van der Waals surface area (Å²) >= 11 is 5.07. The second-order valence-electron chi connectivity index (χ2n) is 4.90. The molecule has 0 saturated heterocycles. The molecule has 3 aromatic rings. The zero-order valence-electron chi connectivity index (χ0n) is 12.7. The minimum atomic E-state index is -0.553. The van der Waals surface area contributed by atoms with Gasteiger partial charge in [-0.05, 0) is 30.4 Å². The van der Waals surface area contributed by atoms with Crippen LogP contribution in [0, 0.1) is 4.77 Å². The highest BCUT2D eigenvalue weighted by Gasteiger charge is 2.14. The molecule has 0 fully saturated rings. The Labute approximate surface area is 142 Å². The van der Waals surface area contributed by atoms with E-state index in [0.717, 1.165) is 0 Å². The molecule has 0 spiro atoms. The molecule has 0 bridgehead atoms. The normalized spacial score (nSPS) is 10.4. The Bertz CT molecular complexity index is 903. The number of benzene rings is 1. The zero-order valence-corrected chi connectivity index (χ0v) is 13.5. The smallest absolute Gasteiger partial charge is 0.420 e. The van der Waals surface area contributed by atoms with Gasteiger partial charge in [-0.3, -0.25) is 9.47 Å². The van der Waals surface area contributed by atoms with Crippen LogP contribution in [0.5, 0.6) is 11.8 Å². The molecule has 0 aliphatic heterocycles. The number of aromatic hydroxyl groups is 1. The van der Waals surface area contributed by atoms with Crippen LogP contribution in [0.2, 0.25) is 0 Å². The topological polar surface area (TPSA) is 83.4 Å². The highest BCUT2D eigenvalue weighted by atomic mass is 32.1. The molecule has 2 N–H and O–H groups in total. The van der Waals surface area contributed by atoms with Gasteiger partial charge in [-0.1, -0.05) is 18.2 Å². The van der Waals surface area contributed by atoms with Gasteiger partial charge in [0.2, 0.25) is 11.8 Å². The maximum atomic E-state index is 12.1. The van der Waals surface area contributed by atoms with Crippen LogP contribution in [0.1, 0.15) is 0 Å². The van der Waals surface area contributed by atoms with Crippen LogP contribution >= 0.6 is 12.2 Å². The van der Waals surface area contributed by atoms with E-state index in [2.05, 4.69) is 9.97 Å². The van der Waals surface area contributed by atoms with Crippen molar-refractivity contribution in [3.05, 3.63) is 59.6 Å². The number of imidazole rings is 1. The van der Waals surface area contributed by atoms with E-state index < -0.39 is 6.09 Å². The van der Waals surface area contributed by atoms with Gasteiger partial charge >= 0.3 is 6.09 Å². The maximum Gasteiger partial charge on any atom is 0.420 e. The van der Waals surface area contributed by atoms with E-state index in [1.54, 1.807) is 25.2 Å². The Kier molecular flexibility index (Phi) is 4.30. The fourth-order valence-electron chi connectivity index (χ4n) is 2.09. The number of pyridine rings is 1. The van der Waals surface area contributed by atoms with Crippen molar-refractivity contribution in [3.8, 4) is 17.4 Å². The summed E-state index contributed by atoms with van der Waals surface area (Å²) < 4.78 is 6.98. The molecule has 0 unspecified atom stereocenters. The van der Waals surface area contributed by atoms with Gasteiger partial charge in [0, 0.05) is 18.8 Å². The van der Waals surface area contributed by atoms with Crippen molar-refractivity contribution >= 4 is 24.0 Å². The van der Waals surface area contributed by atoms with Gasteiger partial charge < -0.3 is 14.8 Å². The Morgan fingerprint density at radius 2 is 2.04 bits per heavy atom. The number of amides is 1. The van der Waals surface area contributed by atoms with E-state index in [1.165, 1.54) is 27.9 Å². The van der Waals surface area contributed by atoms with Gasteiger partial charge in [0.15, 0.2) is 4.77 Å². The molecule has 2 aromatic heterocycles. The quantitative estimate of drug-likeness (QED) is 0.714. The fraction of sp³-hybridized carbons (Fsp3) is 0.0625. The molecule has 0 aliphatic rings. The third kappa shape index (κ3) is 3.13. The molecule has 1 aromatic carbocycles. The number of aromatic amines is 1.